The highest BCUT2D eigenvalue weighted by Crippen LogP contribution is 2.33. The fourth-order valence-corrected chi connectivity index (χ4v) is 1.43. The third-order valence-electron chi connectivity index (χ3n) is 2.23. The Morgan fingerprint density at radius 3 is 2.35 bits per heavy atom. The summed E-state index contributed by atoms with van der Waals surface area (Å²) in [5.74, 6) is 0. The lowest BCUT2D eigenvalue weighted by atomic mass is 9.98. The van der Waals surface area contributed by atoms with E-state index < -0.39 is 18.0 Å². The van der Waals surface area contributed by atoms with Crippen LogP contribution < -0.4 is 0 Å². The zero-order chi connectivity index (χ0) is 13.3. The molecule has 5 heteroatoms. The minimum Gasteiger partial charge on any atom is -0.353 e. The van der Waals surface area contributed by atoms with Crippen LogP contribution in [-0.2, 0) is 4.74 Å². The number of hydrogen-bond donors (Lipinski definition) is 0. The van der Waals surface area contributed by atoms with Gasteiger partial charge < -0.3 is 9.64 Å². The van der Waals surface area contributed by atoms with E-state index in [1.54, 1.807) is 13.2 Å². The van der Waals surface area contributed by atoms with Crippen LogP contribution in [0.25, 0.3) is 0 Å². The molecular formula is C12H18F3NO. The van der Waals surface area contributed by atoms with Gasteiger partial charge in [-0.05, 0) is 17.6 Å². The molecule has 0 N–H and O–H groups in total. The third kappa shape index (κ3) is 4.07. The first-order valence-corrected chi connectivity index (χ1v) is 5.40. The van der Waals surface area contributed by atoms with E-state index in [9.17, 15) is 13.2 Å². The highest BCUT2D eigenvalue weighted by atomic mass is 19.4. The topological polar surface area (TPSA) is 12.5 Å². The molecule has 0 aromatic heterocycles. The lowest BCUT2D eigenvalue weighted by molar-refractivity contribution is -0.132. The average Bonchev–Trinajstić information content (AvgIpc) is 2.12. The molecule has 1 aliphatic heterocycles. The Kier molecular flexibility index (Phi) is 3.91. The fraction of sp³-hybridized carbons (Fsp3) is 0.667. The van der Waals surface area contributed by atoms with Crippen molar-refractivity contribution >= 4 is 0 Å². The van der Waals surface area contributed by atoms with E-state index in [1.807, 2.05) is 20.8 Å². The van der Waals surface area contributed by atoms with Crippen LogP contribution in [-0.4, -0.2) is 31.0 Å². The normalized spacial score (nSPS) is 21.7. The van der Waals surface area contributed by atoms with Gasteiger partial charge in [-0.2, -0.15) is 13.2 Å². The molecule has 0 spiro atoms. The van der Waals surface area contributed by atoms with Crippen LogP contribution in [0.1, 0.15) is 20.8 Å². The van der Waals surface area contributed by atoms with Crippen LogP contribution in [0.2, 0.25) is 0 Å². The molecule has 1 unspecified atom stereocenters. The number of ether oxygens (including phenoxy) is 1. The largest absolute Gasteiger partial charge is 0.416 e. The van der Waals surface area contributed by atoms with Crippen molar-refractivity contribution in [3.63, 3.8) is 0 Å². The van der Waals surface area contributed by atoms with E-state index in [4.69, 9.17) is 4.74 Å². The van der Waals surface area contributed by atoms with Crippen LogP contribution in [0.5, 0.6) is 0 Å². The Morgan fingerprint density at radius 1 is 1.29 bits per heavy atom. The predicted molar refractivity (Wildman–Crippen MR) is 60.2 cm³/mol. The van der Waals surface area contributed by atoms with Crippen molar-refractivity contribution in [3.8, 4) is 0 Å². The van der Waals surface area contributed by atoms with Gasteiger partial charge in [0.05, 0.1) is 12.2 Å². The van der Waals surface area contributed by atoms with Gasteiger partial charge in [-0.3, -0.25) is 0 Å². The summed E-state index contributed by atoms with van der Waals surface area (Å²) in [6, 6.07) is 0. The lowest BCUT2D eigenvalue weighted by Crippen LogP contribution is -2.40. The highest BCUT2D eigenvalue weighted by molar-refractivity contribution is 5.25. The second-order valence-corrected chi connectivity index (χ2v) is 5.35. The molecule has 1 atom stereocenters. The van der Waals surface area contributed by atoms with Crippen LogP contribution in [0.15, 0.2) is 23.9 Å². The summed E-state index contributed by atoms with van der Waals surface area (Å²) in [5.41, 5.74) is -0.828. The molecule has 1 heterocycles. The molecule has 0 amide bonds. The standard InChI is InChI=1S/C12H18F3NO/c1-11(2,3)8-17-10-9(12(13,14)15)6-5-7-16(10)4/h5-7,10H,8H2,1-4H3. The fourth-order valence-electron chi connectivity index (χ4n) is 1.43. The Hall–Kier alpha value is -0.970. The van der Waals surface area contributed by atoms with Crippen LogP contribution in [0.4, 0.5) is 13.2 Å². The quantitative estimate of drug-likeness (QED) is 0.744. The van der Waals surface area contributed by atoms with Crippen molar-refractivity contribution in [2.45, 2.75) is 33.2 Å². The smallest absolute Gasteiger partial charge is 0.353 e. The van der Waals surface area contributed by atoms with E-state index in [0.29, 0.717) is 0 Å². The van der Waals surface area contributed by atoms with Gasteiger partial charge in [-0.25, -0.2) is 0 Å². The Labute approximate surface area is 99.7 Å². The number of allylic oxidation sites excluding steroid dienone is 2. The van der Waals surface area contributed by atoms with Gasteiger partial charge in [0.2, 0.25) is 0 Å². The maximum Gasteiger partial charge on any atom is 0.416 e. The van der Waals surface area contributed by atoms with Gasteiger partial charge in [-0.15, -0.1) is 0 Å². The predicted octanol–water partition coefficient (Wildman–Crippen LogP) is 3.32. The third-order valence-corrected chi connectivity index (χ3v) is 2.23. The second-order valence-electron chi connectivity index (χ2n) is 5.35. The van der Waals surface area contributed by atoms with Gasteiger partial charge in [0.25, 0.3) is 0 Å². The summed E-state index contributed by atoms with van der Waals surface area (Å²) in [6.07, 6.45) is -1.41. The number of likely N-dealkylation sites (N-methyl/N-ethyl adjacent to an activating group) is 1. The van der Waals surface area contributed by atoms with E-state index in [0.717, 1.165) is 6.08 Å². The van der Waals surface area contributed by atoms with E-state index in [2.05, 4.69) is 0 Å². The number of alkyl halides is 3. The zero-order valence-corrected chi connectivity index (χ0v) is 10.5. The van der Waals surface area contributed by atoms with Crippen molar-refractivity contribution < 1.29 is 17.9 Å². The van der Waals surface area contributed by atoms with Crippen LogP contribution in [0.3, 0.4) is 0 Å². The van der Waals surface area contributed by atoms with E-state index in [1.165, 1.54) is 11.0 Å². The first-order valence-electron chi connectivity index (χ1n) is 5.40. The van der Waals surface area contributed by atoms with Gasteiger partial charge in [0, 0.05) is 13.2 Å². The lowest BCUT2D eigenvalue weighted by Gasteiger charge is -2.34. The van der Waals surface area contributed by atoms with Crippen molar-refractivity contribution in [2.75, 3.05) is 13.7 Å². The Bertz CT molecular complexity index is 326. The molecule has 0 saturated heterocycles. The molecular weight excluding hydrogens is 231 g/mol. The van der Waals surface area contributed by atoms with Crippen molar-refractivity contribution in [3.05, 3.63) is 23.9 Å². The van der Waals surface area contributed by atoms with Crippen molar-refractivity contribution in [1.82, 2.24) is 4.90 Å². The molecule has 0 saturated carbocycles. The minimum absolute atomic E-state index is 0.168. The SMILES string of the molecule is CN1C=CC=C(C(F)(F)F)C1OCC(C)(C)C. The molecule has 0 radical (unpaired) electrons. The number of halogens is 3. The van der Waals surface area contributed by atoms with Crippen LogP contribution >= 0.6 is 0 Å². The van der Waals surface area contributed by atoms with E-state index in [-0.39, 0.29) is 12.0 Å². The zero-order valence-electron chi connectivity index (χ0n) is 10.5. The first kappa shape index (κ1) is 14.1. The number of hydrogen-bond acceptors (Lipinski definition) is 2. The Morgan fingerprint density at radius 2 is 1.88 bits per heavy atom. The summed E-state index contributed by atoms with van der Waals surface area (Å²) in [6.45, 7) is 6.02. The van der Waals surface area contributed by atoms with Gasteiger partial charge >= 0.3 is 6.18 Å². The van der Waals surface area contributed by atoms with E-state index >= 15 is 0 Å². The average molecular weight is 249 g/mol. The number of nitrogens with zero attached hydrogens (tertiary/aromatic N) is 1. The second kappa shape index (κ2) is 4.72. The molecule has 1 aliphatic rings. The van der Waals surface area contributed by atoms with Crippen molar-refractivity contribution in [1.29, 1.82) is 0 Å². The summed E-state index contributed by atoms with van der Waals surface area (Å²) in [4.78, 5) is 1.43. The maximum absolute atomic E-state index is 12.8. The monoisotopic (exact) mass is 249 g/mol. The summed E-state index contributed by atoms with van der Waals surface area (Å²) in [7, 11) is 1.57. The highest BCUT2D eigenvalue weighted by Gasteiger charge is 2.41. The summed E-state index contributed by atoms with van der Waals surface area (Å²) >= 11 is 0. The molecule has 0 aromatic carbocycles. The van der Waals surface area contributed by atoms with Crippen molar-refractivity contribution in [2.24, 2.45) is 5.41 Å². The molecule has 1 rings (SSSR count). The van der Waals surface area contributed by atoms with Gasteiger partial charge in [-0.1, -0.05) is 20.8 Å². The maximum atomic E-state index is 12.8. The minimum atomic E-state index is -4.36. The molecule has 0 aliphatic carbocycles. The molecule has 0 bridgehead atoms. The first-order chi connectivity index (χ1) is 7.61. The number of rotatable bonds is 2. The molecule has 0 fully saturated rings. The molecule has 0 aromatic rings. The molecule has 2 nitrogen and oxygen atoms in total. The summed E-state index contributed by atoms with van der Waals surface area (Å²) in [5, 5.41) is 0. The van der Waals surface area contributed by atoms with Crippen LogP contribution in [0, 0.1) is 5.41 Å². The molecule has 98 valence electrons. The molecule has 17 heavy (non-hydrogen) atoms. The Balaban J connectivity index is 2.80. The summed E-state index contributed by atoms with van der Waals surface area (Å²) < 4.78 is 43.7. The van der Waals surface area contributed by atoms with Gasteiger partial charge in [0.1, 0.15) is 0 Å². The van der Waals surface area contributed by atoms with Gasteiger partial charge in [0.15, 0.2) is 6.23 Å².